The molecular formula is C18H21Cl2NO4. The number of non-ortho nitro benzene ring substituents is 1. The highest BCUT2D eigenvalue weighted by atomic mass is 35.5. The molecule has 136 valence electrons. The molecule has 0 N–H and O–H groups in total. The first-order valence-electron chi connectivity index (χ1n) is 8.34. The lowest BCUT2D eigenvalue weighted by Gasteiger charge is -2.37. The van der Waals surface area contributed by atoms with Crippen molar-refractivity contribution >= 4 is 34.9 Å². The minimum atomic E-state index is -0.680. The molecular weight excluding hydrogens is 365 g/mol. The van der Waals surface area contributed by atoms with Crippen LogP contribution >= 0.6 is 23.2 Å². The van der Waals surface area contributed by atoms with Gasteiger partial charge in [0.25, 0.3) is 5.69 Å². The van der Waals surface area contributed by atoms with Crippen molar-refractivity contribution < 1.29 is 14.5 Å². The Morgan fingerprint density at radius 3 is 2.44 bits per heavy atom. The molecule has 2 aliphatic rings. The Kier molecular flexibility index (Phi) is 4.32. The highest BCUT2D eigenvalue weighted by Crippen LogP contribution is 2.75. The van der Waals surface area contributed by atoms with Crippen molar-refractivity contribution in [3.63, 3.8) is 0 Å². The van der Waals surface area contributed by atoms with E-state index in [0.29, 0.717) is 5.56 Å². The summed E-state index contributed by atoms with van der Waals surface area (Å²) in [5, 5.41) is 10.7. The molecule has 5 nitrogen and oxygen atoms in total. The minimum Gasteiger partial charge on any atom is -0.456 e. The first-order chi connectivity index (χ1) is 11.5. The van der Waals surface area contributed by atoms with Crippen molar-refractivity contribution in [1.82, 2.24) is 0 Å². The van der Waals surface area contributed by atoms with Crippen LogP contribution in [0.5, 0.6) is 0 Å². The molecule has 3 unspecified atom stereocenters. The van der Waals surface area contributed by atoms with Crippen LogP contribution in [0.3, 0.4) is 0 Å². The van der Waals surface area contributed by atoms with Gasteiger partial charge in [0.15, 0.2) is 0 Å². The Morgan fingerprint density at radius 1 is 1.32 bits per heavy atom. The van der Waals surface area contributed by atoms with Gasteiger partial charge in [-0.25, -0.2) is 4.79 Å². The molecule has 1 aromatic rings. The summed E-state index contributed by atoms with van der Waals surface area (Å²) in [4.78, 5) is 22.6. The summed E-state index contributed by atoms with van der Waals surface area (Å²) in [6, 6.07) is 5.43. The molecule has 0 aliphatic heterocycles. The molecule has 0 bridgehead atoms. The van der Waals surface area contributed by atoms with E-state index in [1.165, 1.54) is 24.3 Å². The Bertz CT molecular complexity index is 716. The lowest BCUT2D eigenvalue weighted by atomic mass is 9.75. The zero-order valence-electron chi connectivity index (χ0n) is 14.4. The molecule has 2 aliphatic carbocycles. The van der Waals surface area contributed by atoms with E-state index in [2.05, 4.69) is 6.92 Å². The smallest absolute Gasteiger partial charge is 0.338 e. The third-order valence-electron chi connectivity index (χ3n) is 6.07. The summed E-state index contributed by atoms with van der Waals surface area (Å²) in [5.74, 6) is -0.0848. The van der Waals surface area contributed by atoms with Crippen LogP contribution < -0.4 is 0 Å². The third-order valence-corrected chi connectivity index (χ3v) is 7.46. The van der Waals surface area contributed by atoms with Crippen LogP contribution in [-0.4, -0.2) is 20.8 Å². The van der Waals surface area contributed by atoms with E-state index in [4.69, 9.17) is 27.9 Å². The largest absolute Gasteiger partial charge is 0.456 e. The van der Waals surface area contributed by atoms with Gasteiger partial charge in [-0.3, -0.25) is 10.1 Å². The van der Waals surface area contributed by atoms with Gasteiger partial charge >= 0.3 is 5.97 Å². The van der Waals surface area contributed by atoms with Gasteiger partial charge in [-0.2, -0.15) is 0 Å². The van der Waals surface area contributed by atoms with Gasteiger partial charge in [0.05, 0.1) is 10.5 Å². The summed E-state index contributed by atoms with van der Waals surface area (Å²) < 4.78 is 5.06. The highest BCUT2D eigenvalue weighted by molar-refractivity contribution is 6.51. The van der Waals surface area contributed by atoms with Crippen LogP contribution in [0.4, 0.5) is 5.69 Å². The van der Waals surface area contributed by atoms with E-state index in [0.717, 1.165) is 19.3 Å². The molecule has 1 aromatic carbocycles. The van der Waals surface area contributed by atoms with E-state index < -0.39 is 20.8 Å². The number of carbonyl (C=O) groups is 1. The third kappa shape index (κ3) is 3.02. The van der Waals surface area contributed by atoms with Gasteiger partial charge in [0.1, 0.15) is 9.93 Å². The fourth-order valence-corrected chi connectivity index (χ4v) is 5.03. The average molecular weight is 386 g/mol. The summed E-state index contributed by atoms with van der Waals surface area (Å²) >= 11 is 12.8. The summed E-state index contributed by atoms with van der Waals surface area (Å²) in [6.07, 6.45) is 2.63. The molecule has 0 aromatic heterocycles. The molecule has 25 heavy (non-hydrogen) atoms. The average Bonchev–Trinajstić information content (AvgIpc) is 2.99. The van der Waals surface area contributed by atoms with Crippen molar-refractivity contribution in [1.29, 1.82) is 0 Å². The van der Waals surface area contributed by atoms with Crippen molar-refractivity contribution in [2.24, 2.45) is 17.3 Å². The number of hydrogen-bond acceptors (Lipinski definition) is 4. The zero-order valence-corrected chi connectivity index (χ0v) is 15.9. The van der Waals surface area contributed by atoms with Gasteiger partial charge in [0.2, 0.25) is 0 Å². The van der Waals surface area contributed by atoms with Crippen molar-refractivity contribution in [3.05, 3.63) is 39.9 Å². The molecule has 0 heterocycles. The number of ether oxygens (including phenoxy) is 1. The Labute approximate surface area is 156 Å². The van der Waals surface area contributed by atoms with Crippen LogP contribution in [0, 0.1) is 27.4 Å². The van der Waals surface area contributed by atoms with Crippen molar-refractivity contribution in [3.8, 4) is 0 Å². The molecule has 0 radical (unpaired) electrons. The molecule has 3 rings (SSSR count). The molecule has 2 saturated carbocycles. The molecule has 0 amide bonds. The number of halogens is 2. The Morgan fingerprint density at radius 2 is 1.92 bits per heavy atom. The van der Waals surface area contributed by atoms with Gasteiger partial charge in [-0.1, -0.05) is 6.92 Å². The molecule has 2 fully saturated rings. The fraction of sp³-hybridized carbons (Fsp3) is 0.611. The highest BCUT2D eigenvalue weighted by Gasteiger charge is 2.74. The normalized spacial score (nSPS) is 30.3. The van der Waals surface area contributed by atoms with E-state index in [-0.39, 0.29) is 22.9 Å². The summed E-state index contributed by atoms with van der Waals surface area (Å²) in [5.41, 5.74) is -0.455. The Hall–Kier alpha value is -1.33. The maximum absolute atomic E-state index is 12.4. The second-order valence-corrected chi connectivity index (χ2v) is 9.25. The SMILES string of the molecule is CC(C)(OC(=O)c1ccc([N+](=O)[O-])cc1)C1CCC2(C)C(C1)C2(Cl)Cl. The van der Waals surface area contributed by atoms with Crippen LogP contribution in [0.25, 0.3) is 0 Å². The number of nitrogens with zero attached hydrogens (tertiary/aromatic N) is 1. The molecule has 0 saturated heterocycles. The van der Waals surface area contributed by atoms with E-state index >= 15 is 0 Å². The topological polar surface area (TPSA) is 69.4 Å². The van der Waals surface area contributed by atoms with Crippen LogP contribution in [-0.2, 0) is 4.74 Å². The number of carbonyl (C=O) groups excluding carboxylic acids is 1. The minimum absolute atomic E-state index is 0.0366. The number of hydrogen-bond donors (Lipinski definition) is 0. The fourth-order valence-electron chi connectivity index (χ4n) is 4.03. The number of esters is 1. The monoisotopic (exact) mass is 385 g/mol. The van der Waals surface area contributed by atoms with E-state index in [1.807, 2.05) is 13.8 Å². The zero-order chi connectivity index (χ0) is 18.6. The van der Waals surface area contributed by atoms with Crippen LogP contribution in [0.2, 0.25) is 0 Å². The molecule has 7 heteroatoms. The number of alkyl halides is 2. The lowest BCUT2D eigenvalue weighted by Crippen LogP contribution is -2.39. The van der Waals surface area contributed by atoms with Crippen LogP contribution in [0.1, 0.15) is 50.4 Å². The predicted molar refractivity (Wildman–Crippen MR) is 96.0 cm³/mol. The molecule has 0 spiro atoms. The van der Waals surface area contributed by atoms with Crippen LogP contribution in [0.15, 0.2) is 24.3 Å². The standard InChI is InChI=1S/C18H21Cl2NO4/c1-16(2,12-8-9-17(3)14(10-12)18(17,19)20)25-15(22)11-4-6-13(7-5-11)21(23)24/h4-7,12,14H,8-10H2,1-3H3. The molecule has 3 atom stereocenters. The quantitative estimate of drug-likeness (QED) is 0.311. The van der Waals surface area contributed by atoms with E-state index in [9.17, 15) is 14.9 Å². The number of nitro groups is 1. The number of nitro benzene ring substituents is 1. The van der Waals surface area contributed by atoms with Crippen molar-refractivity contribution in [2.75, 3.05) is 0 Å². The predicted octanol–water partition coefficient (Wildman–Crippen LogP) is 5.14. The van der Waals surface area contributed by atoms with Gasteiger partial charge in [0, 0.05) is 23.5 Å². The second kappa shape index (κ2) is 5.85. The first kappa shape index (κ1) is 18.5. The summed E-state index contributed by atoms with van der Waals surface area (Å²) in [6.45, 7) is 5.91. The number of fused-ring (bicyclic) bond motifs is 1. The maximum atomic E-state index is 12.4. The maximum Gasteiger partial charge on any atom is 0.338 e. The summed E-state index contributed by atoms with van der Waals surface area (Å²) in [7, 11) is 0. The number of benzene rings is 1. The lowest BCUT2D eigenvalue weighted by molar-refractivity contribution is -0.384. The van der Waals surface area contributed by atoms with Crippen molar-refractivity contribution in [2.45, 2.75) is 50.0 Å². The Balaban J connectivity index is 1.67. The van der Waals surface area contributed by atoms with Gasteiger partial charge < -0.3 is 4.74 Å². The first-order valence-corrected chi connectivity index (χ1v) is 9.10. The van der Waals surface area contributed by atoms with Gasteiger partial charge in [-0.05, 0) is 51.2 Å². The van der Waals surface area contributed by atoms with E-state index in [1.54, 1.807) is 0 Å². The number of rotatable bonds is 4. The second-order valence-electron chi connectivity index (χ2n) is 7.86. The van der Waals surface area contributed by atoms with Gasteiger partial charge in [-0.15, -0.1) is 23.2 Å².